The van der Waals surface area contributed by atoms with Crippen LogP contribution in [0.25, 0.3) is 5.69 Å². The average Bonchev–Trinajstić information content (AvgIpc) is 2.74. The van der Waals surface area contributed by atoms with E-state index in [-0.39, 0.29) is 5.75 Å². The molecule has 0 unspecified atom stereocenters. The van der Waals surface area contributed by atoms with E-state index in [0.717, 1.165) is 15.3 Å². The number of nitrogens with zero attached hydrogens (tertiary/aromatic N) is 4. The highest BCUT2D eigenvalue weighted by Crippen LogP contribution is 2.25. The highest BCUT2D eigenvalue weighted by Gasteiger charge is 2.13. The van der Waals surface area contributed by atoms with E-state index >= 15 is 0 Å². The van der Waals surface area contributed by atoms with E-state index in [1.807, 2.05) is 6.07 Å². The summed E-state index contributed by atoms with van der Waals surface area (Å²) < 4.78 is 2.42. The molecule has 0 spiro atoms. The van der Waals surface area contributed by atoms with Gasteiger partial charge in [-0.1, -0.05) is 23.4 Å². The molecule has 0 bridgehead atoms. The Morgan fingerprint density at radius 3 is 3.00 bits per heavy atom. The molecular weight excluding hydrogens is 391 g/mol. The zero-order chi connectivity index (χ0) is 13.1. The van der Waals surface area contributed by atoms with Crippen LogP contribution in [-0.4, -0.2) is 37.0 Å². The Kier molecular flexibility index (Phi) is 4.40. The van der Waals surface area contributed by atoms with Crippen molar-refractivity contribution in [1.82, 2.24) is 20.2 Å². The van der Waals surface area contributed by atoms with Crippen LogP contribution in [0.2, 0.25) is 5.02 Å². The van der Waals surface area contributed by atoms with Crippen LogP contribution in [0.5, 0.6) is 0 Å². The summed E-state index contributed by atoms with van der Waals surface area (Å²) in [5, 5.41) is 20.6. The maximum absolute atomic E-state index is 10.5. The van der Waals surface area contributed by atoms with Crippen LogP contribution in [0.4, 0.5) is 0 Å². The van der Waals surface area contributed by atoms with E-state index in [1.165, 1.54) is 4.68 Å². The van der Waals surface area contributed by atoms with Gasteiger partial charge in [-0.2, -0.15) is 4.68 Å². The van der Waals surface area contributed by atoms with Crippen LogP contribution in [-0.2, 0) is 4.79 Å². The minimum Gasteiger partial charge on any atom is -0.481 e. The molecule has 1 N–H and O–H groups in total. The van der Waals surface area contributed by atoms with Crippen LogP contribution in [0, 0.1) is 3.57 Å². The summed E-state index contributed by atoms with van der Waals surface area (Å²) >= 11 is 9.29. The highest BCUT2D eigenvalue weighted by molar-refractivity contribution is 14.1. The molecule has 1 aromatic heterocycles. The molecule has 1 heterocycles. The van der Waals surface area contributed by atoms with Gasteiger partial charge in [0.05, 0.1) is 16.5 Å². The molecule has 0 saturated carbocycles. The number of aliphatic carboxylic acids is 1. The smallest absolute Gasteiger partial charge is 0.313 e. The first kappa shape index (κ1) is 13.6. The number of hydrogen-bond donors (Lipinski definition) is 1. The van der Waals surface area contributed by atoms with Crippen LogP contribution in [0.1, 0.15) is 0 Å². The Morgan fingerprint density at radius 1 is 1.56 bits per heavy atom. The SMILES string of the molecule is O=C(O)CSc1nnnn1-c1ccc(I)cc1Cl. The second-order valence-electron chi connectivity index (χ2n) is 3.15. The second-order valence-corrected chi connectivity index (χ2v) is 5.75. The molecule has 94 valence electrons. The lowest BCUT2D eigenvalue weighted by Crippen LogP contribution is -2.03. The number of carboxylic acids is 1. The van der Waals surface area contributed by atoms with Gasteiger partial charge in [0.1, 0.15) is 0 Å². The maximum atomic E-state index is 10.5. The van der Waals surface area contributed by atoms with Crippen molar-refractivity contribution >= 4 is 51.9 Å². The molecule has 9 heteroatoms. The first-order chi connectivity index (χ1) is 8.58. The summed E-state index contributed by atoms with van der Waals surface area (Å²) in [6.45, 7) is 0. The molecule has 2 rings (SSSR count). The zero-order valence-corrected chi connectivity index (χ0v) is 12.5. The number of halogens is 2. The normalized spacial score (nSPS) is 10.6. The average molecular weight is 397 g/mol. The molecule has 2 aromatic rings. The molecular formula is C9H6ClIN4O2S. The maximum Gasteiger partial charge on any atom is 0.313 e. The molecule has 0 atom stereocenters. The minimum atomic E-state index is -0.928. The van der Waals surface area contributed by atoms with Gasteiger partial charge in [0.15, 0.2) is 0 Å². The van der Waals surface area contributed by atoms with Crippen molar-refractivity contribution in [3.8, 4) is 5.69 Å². The van der Waals surface area contributed by atoms with Crippen molar-refractivity contribution in [2.45, 2.75) is 5.16 Å². The molecule has 0 amide bonds. The summed E-state index contributed by atoms with van der Waals surface area (Å²) in [7, 11) is 0. The summed E-state index contributed by atoms with van der Waals surface area (Å²) in [6, 6.07) is 5.44. The Bertz CT molecular complexity index is 592. The fraction of sp³-hybridized carbons (Fsp3) is 0.111. The van der Waals surface area contributed by atoms with Crippen molar-refractivity contribution in [3.63, 3.8) is 0 Å². The minimum absolute atomic E-state index is 0.109. The van der Waals surface area contributed by atoms with Crippen molar-refractivity contribution < 1.29 is 9.90 Å². The van der Waals surface area contributed by atoms with Crippen LogP contribution < -0.4 is 0 Å². The third-order valence-corrected chi connectivity index (χ3v) is 3.78. The molecule has 0 aliphatic heterocycles. The summed E-state index contributed by atoms with van der Waals surface area (Å²) in [5.74, 6) is -1.04. The van der Waals surface area contributed by atoms with E-state index in [2.05, 4.69) is 38.1 Å². The van der Waals surface area contributed by atoms with Gasteiger partial charge < -0.3 is 5.11 Å². The van der Waals surface area contributed by atoms with Gasteiger partial charge in [0.2, 0.25) is 5.16 Å². The number of hydrogen-bond acceptors (Lipinski definition) is 5. The van der Waals surface area contributed by atoms with Crippen molar-refractivity contribution in [2.75, 3.05) is 5.75 Å². The van der Waals surface area contributed by atoms with Crippen LogP contribution in [0.3, 0.4) is 0 Å². The first-order valence-corrected chi connectivity index (χ1v) is 7.10. The Labute approximate surface area is 125 Å². The lowest BCUT2D eigenvalue weighted by Gasteiger charge is -2.05. The number of rotatable bonds is 4. The topological polar surface area (TPSA) is 80.9 Å². The van der Waals surface area contributed by atoms with Crippen molar-refractivity contribution in [1.29, 1.82) is 0 Å². The number of benzene rings is 1. The van der Waals surface area contributed by atoms with Crippen molar-refractivity contribution in [3.05, 3.63) is 26.8 Å². The fourth-order valence-corrected chi connectivity index (χ4v) is 2.74. The third kappa shape index (κ3) is 3.12. The predicted molar refractivity (Wildman–Crippen MR) is 75.2 cm³/mol. The molecule has 0 aliphatic rings. The molecule has 0 saturated heterocycles. The number of aromatic nitrogens is 4. The third-order valence-electron chi connectivity index (χ3n) is 1.90. The highest BCUT2D eigenvalue weighted by atomic mass is 127. The van der Waals surface area contributed by atoms with Gasteiger partial charge in [0, 0.05) is 3.57 Å². The summed E-state index contributed by atoms with van der Waals surface area (Å²) in [6.07, 6.45) is 0. The van der Waals surface area contributed by atoms with Crippen molar-refractivity contribution in [2.24, 2.45) is 0 Å². The zero-order valence-electron chi connectivity index (χ0n) is 8.75. The molecule has 0 aliphatic carbocycles. The molecule has 0 radical (unpaired) electrons. The van der Waals surface area contributed by atoms with E-state index in [1.54, 1.807) is 12.1 Å². The van der Waals surface area contributed by atoms with Gasteiger partial charge in [-0.3, -0.25) is 4.79 Å². The lowest BCUT2D eigenvalue weighted by atomic mass is 10.3. The summed E-state index contributed by atoms with van der Waals surface area (Å²) in [4.78, 5) is 10.5. The number of carboxylic acid groups (broad SMARTS) is 1. The van der Waals surface area contributed by atoms with E-state index in [9.17, 15) is 4.79 Å². The largest absolute Gasteiger partial charge is 0.481 e. The first-order valence-electron chi connectivity index (χ1n) is 4.66. The van der Waals surface area contributed by atoms with Crippen LogP contribution >= 0.6 is 46.0 Å². The molecule has 18 heavy (non-hydrogen) atoms. The summed E-state index contributed by atoms with van der Waals surface area (Å²) in [5.41, 5.74) is 0.620. The Morgan fingerprint density at radius 2 is 2.33 bits per heavy atom. The lowest BCUT2D eigenvalue weighted by molar-refractivity contribution is -0.133. The molecule has 0 fully saturated rings. The number of carbonyl (C=O) groups is 1. The van der Waals surface area contributed by atoms with Gasteiger partial charge >= 0.3 is 5.97 Å². The molecule has 1 aromatic carbocycles. The second kappa shape index (κ2) is 5.85. The monoisotopic (exact) mass is 396 g/mol. The number of thioether (sulfide) groups is 1. The number of tetrazole rings is 1. The quantitative estimate of drug-likeness (QED) is 0.630. The van der Waals surface area contributed by atoms with Crippen LogP contribution in [0.15, 0.2) is 23.4 Å². The van der Waals surface area contributed by atoms with E-state index in [4.69, 9.17) is 16.7 Å². The van der Waals surface area contributed by atoms with E-state index in [0.29, 0.717) is 15.9 Å². The standard InChI is InChI=1S/C9H6ClIN4O2S/c10-6-3-5(11)1-2-7(6)15-9(12-13-14-15)18-4-8(16)17/h1-3H,4H2,(H,16,17). The van der Waals surface area contributed by atoms with E-state index < -0.39 is 5.97 Å². The Hall–Kier alpha value is -0.870. The fourth-order valence-electron chi connectivity index (χ4n) is 1.20. The van der Waals surface area contributed by atoms with Gasteiger partial charge in [-0.15, -0.1) is 5.10 Å². The van der Waals surface area contributed by atoms with Gasteiger partial charge in [-0.25, -0.2) is 0 Å². The molecule has 6 nitrogen and oxygen atoms in total. The Balaban J connectivity index is 2.33. The predicted octanol–water partition coefficient (Wildman–Crippen LogP) is 2.10. The van der Waals surface area contributed by atoms with Gasteiger partial charge in [-0.05, 0) is 51.2 Å². The van der Waals surface area contributed by atoms with Gasteiger partial charge in [0.25, 0.3) is 0 Å².